The smallest absolute Gasteiger partial charge is 0.331 e. The van der Waals surface area contributed by atoms with Gasteiger partial charge in [0, 0.05) is 12.8 Å². The maximum absolute atomic E-state index is 12.5. The maximum Gasteiger partial charge on any atom is 0.331 e. The predicted octanol–water partition coefficient (Wildman–Crippen LogP) is 1.99. The number of hydrogen-bond acceptors (Lipinski definition) is 4. The van der Waals surface area contributed by atoms with Crippen LogP contribution in [0, 0.1) is 0 Å². The van der Waals surface area contributed by atoms with Crippen molar-refractivity contribution in [2.45, 2.75) is 57.6 Å². The minimum Gasteiger partial charge on any atom is -0.479 e. The number of carboxylic acids is 1. The van der Waals surface area contributed by atoms with Crippen LogP contribution in [0.4, 0.5) is 5.69 Å². The van der Waals surface area contributed by atoms with E-state index >= 15 is 0 Å². The Labute approximate surface area is 129 Å². The van der Waals surface area contributed by atoms with E-state index in [1.165, 1.54) is 17.1 Å². The van der Waals surface area contributed by atoms with Gasteiger partial charge in [0.05, 0.1) is 11.9 Å². The monoisotopic (exact) mass is 309 g/mol. The summed E-state index contributed by atoms with van der Waals surface area (Å²) in [5, 5.41) is 16.0. The quantitative estimate of drug-likeness (QED) is 0.838. The molecule has 0 radical (unpaired) electrons. The summed E-state index contributed by atoms with van der Waals surface area (Å²) in [4.78, 5) is 23.8. The molecule has 0 atom stereocenters. The minimum atomic E-state index is -1.17. The van der Waals surface area contributed by atoms with Gasteiger partial charge in [0.2, 0.25) is 0 Å². The summed E-state index contributed by atoms with van der Waals surface area (Å²) in [6.45, 7) is 5.46. The van der Waals surface area contributed by atoms with E-state index in [1.807, 2.05) is 6.92 Å². The van der Waals surface area contributed by atoms with E-state index in [2.05, 4.69) is 10.4 Å². The number of anilines is 1. The normalized spacial score (nSPS) is 17.4. The average molecular weight is 309 g/mol. The Kier molecular flexibility index (Phi) is 4.55. The van der Waals surface area contributed by atoms with Gasteiger partial charge in [-0.05, 0) is 46.5 Å². The van der Waals surface area contributed by atoms with E-state index in [0.29, 0.717) is 25.1 Å². The number of aliphatic carboxylic acids is 1. The molecule has 2 rings (SSSR count). The molecular formula is C15H23N3O4. The molecule has 1 heterocycles. The topological polar surface area (TPSA) is 93.5 Å². The molecule has 2 N–H and O–H groups in total. The van der Waals surface area contributed by atoms with Crippen LogP contribution in [0.5, 0.6) is 0 Å². The molecule has 0 aromatic carbocycles. The van der Waals surface area contributed by atoms with Gasteiger partial charge >= 0.3 is 5.97 Å². The number of amides is 1. The van der Waals surface area contributed by atoms with Crippen molar-refractivity contribution in [3.63, 3.8) is 0 Å². The first kappa shape index (κ1) is 16.5. The lowest BCUT2D eigenvalue weighted by atomic mass is 10.0. The van der Waals surface area contributed by atoms with Crippen LogP contribution >= 0.6 is 0 Å². The first-order chi connectivity index (χ1) is 10.3. The van der Waals surface area contributed by atoms with Crippen LogP contribution in [-0.2, 0) is 19.9 Å². The van der Waals surface area contributed by atoms with Crippen LogP contribution < -0.4 is 5.32 Å². The molecular weight excluding hydrogens is 286 g/mol. The molecule has 1 aromatic rings. The van der Waals surface area contributed by atoms with Gasteiger partial charge in [0.1, 0.15) is 5.60 Å². The summed E-state index contributed by atoms with van der Waals surface area (Å²) in [5.41, 5.74) is -1.46. The fourth-order valence-corrected chi connectivity index (χ4v) is 2.70. The third kappa shape index (κ3) is 2.99. The van der Waals surface area contributed by atoms with E-state index in [9.17, 15) is 14.7 Å². The number of aromatic nitrogens is 2. The lowest BCUT2D eigenvalue weighted by Gasteiger charge is -2.27. The van der Waals surface area contributed by atoms with Crippen molar-refractivity contribution in [1.82, 2.24) is 9.78 Å². The number of hydrogen-bond donors (Lipinski definition) is 2. The summed E-state index contributed by atoms with van der Waals surface area (Å²) in [6, 6.07) is 0. The fraction of sp³-hybridized carbons (Fsp3) is 0.667. The van der Waals surface area contributed by atoms with Crippen LogP contribution in [0.3, 0.4) is 0 Å². The number of carbonyl (C=O) groups is 2. The highest BCUT2D eigenvalue weighted by atomic mass is 16.5. The van der Waals surface area contributed by atoms with Crippen LogP contribution in [0.2, 0.25) is 0 Å². The van der Waals surface area contributed by atoms with Gasteiger partial charge in [0.25, 0.3) is 5.91 Å². The third-order valence-corrected chi connectivity index (χ3v) is 4.18. The van der Waals surface area contributed by atoms with Crippen molar-refractivity contribution in [3.8, 4) is 0 Å². The largest absolute Gasteiger partial charge is 0.479 e. The number of carboxylic acid groups (broad SMARTS) is 1. The molecule has 0 saturated heterocycles. The van der Waals surface area contributed by atoms with Gasteiger partial charge in [0.15, 0.2) is 5.54 Å². The van der Waals surface area contributed by atoms with Gasteiger partial charge in [-0.15, -0.1) is 0 Å². The number of rotatable bonds is 6. The maximum atomic E-state index is 12.5. The number of ether oxygens (including phenoxy) is 1. The van der Waals surface area contributed by atoms with Gasteiger partial charge in [-0.1, -0.05) is 0 Å². The number of nitrogens with zero attached hydrogens (tertiary/aromatic N) is 2. The van der Waals surface area contributed by atoms with Crippen molar-refractivity contribution in [2.75, 3.05) is 11.9 Å². The fourth-order valence-electron chi connectivity index (χ4n) is 2.70. The lowest BCUT2D eigenvalue weighted by Crippen LogP contribution is -2.43. The van der Waals surface area contributed by atoms with Crippen LogP contribution in [0.25, 0.3) is 0 Å². The van der Waals surface area contributed by atoms with Gasteiger partial charge in [-0.3, -0.25) is 9.48 Å². The van der Waals surface area contributed by atoms with Crippen molar-refractivity contribution in [1.29, 1.82) is 0 Å². The van der Waals surface area contributed by atoms with Crippen molar-refractivity contribution in [3.05, 3.63) is 12.4 Å². The zero-order valence-corrected chi connectivity index (χ0v) is 13.3. The van der Waals surface area contributed by atoms with Gasteiger partial charge in [-0.2, -0.15) is 5.10 Å². The highest BCUT2D eigenvalue weighted by Crippen LogP contribution is 2.34. The third-order valence-electron chi connectivity index (χ3n) is 4.18. The molecule has 1 amide bonds. The van der Waals surface area contributed by atoms with E-state index in [0.717, 1.165) is 12.8 Å². The predicted molar refractivity (Wildman–Crippen MR) is 80.6 cm³/mol. The Morgan fingerprint density at radius 1 is 1.45 bits per heavy atom. The van der Waals surface area contributed by atoms with E-state index in [4.69, 9.17) is 4.74 Å². The molecule has 1 aromatic heterocycles. The Morgan fingerprint density at radius 3 is 2.64 bits per heavy atom. The summed E-state index contributed by atoms with van der Waals surface area (Å²) < 4.78 is 7.03. The summed E-state index contributed by atoms with van der Waals surface area (Å²) in [5.74, 6) is -1.17. The first-order valence-electron chi connectivity index (χ1n) is 7.56. The summed E-state index contributed by atoms with van der Waals surface area (Å²) in [7, 11) is 0. The highest BCUT2D eigenvalue weighted by Gasteiger charge is 2.42. The molecule has 0 spiro atoms. The number of carbonyl (C=O) groups excluding carboxylic acids is 1. The van der Waals surface area contributed by atoms with Crippen LogP contribution in [0.15, 0.2) is 12.4 Å². The SMILES string of the molecule is CCOC1(C(=O)Nc2cnn(C(C)(C)C(=O)O)c2)CCCC1. The van der Waals surface area contributed by atoms with E-state index < -0.39 is 17.1 Å². The molecule has 122 valence electrons. The standard InChI is InChI=1S/C15H23N3O4/c1-4-22-15(7-5-6-8-15)12(19)17-11-9-16-18(10-11)14(2,3)13(20)21/h9-10H,4-8H2,1-3H3,(H,17,19)(H,20,21). The Hall–Kier alpha value is -1.89. The molecule has 7 heteroatoms. The second-order valence-corrected chi connectivity index (χ2v) is 6.13. The minimum absolute atomic E-state index is 0.181. The molecule has 22 heavy (non-hydrogen) atoms. The molecule has 1 aliphatic rings. The van der Waals surface area contributed by atoms with Crippen LogP contribution in [-0.4, -0.2) is 39.0 Å². The average Bonchev–Trinajstić information content (AvgIpc) is 3.09. The highest BCUT2D eigenvalue weighted by molar-refractivity contribution is 5.97. The number of nitrogens with one attached hydrogen (secondary N) is 1. The van der Waals surface area contributed by atoms with Crippen molar-refractivity contribution < 1.29 is 19.4 Å². The molecule has 0 bridgehead atoms. The van der Waals surface area contributed by atoms with E-state index in [1.54, 1.807) is 13.8 Å². The Bertz CT molecular complexity index is 559. The molecule has 7 nitrogen and oxygen atoms in total. The van der Waals surface area contributed by atoms with Gasteiger partial charge < -0.3 is 15.2 Å². The van der Waals surface area contributed by atoms with Crippen LogP contribution in [0.1, 0.15) is 46.5 Å². The zero-order valence-electron chi connectivity index (χ0n) is 13.3. The lowest BCUT2D eigenvalue weighted by molar-refractivity contribution is -0.146. The molecule has 1 aliphatic carbocycles. The Morgan fingerprint density at radius 2 is 2.09 bits per heavy atom. The molecule has 0 aliphatic heterocycles. The van der Waals surface area contributed by atoms with Gasteiger partial charge in [-0.25, -0.2) is 4.79 Å². The van der Waals surface area contributed by atoms with Crippen molar-refractivity contribution in [2.24, 2.45) is 0 Å². The van der Waals surface area contributed by atoms with E-state index in [-0.39, 0.29) is 5.91 Å². The molecule has 1 saturated carbocycles. The second-order valence-electron chi connectivity index (χ2n) is 6.13. The summed E-state index contributed by atoms with van der Waals surface area (Å²) in [6.07, 6.45) is 6.35. The second kappa shape index (κ2) is 6.08. The zero-order chi connectivity index (χ0) is 16.4. The van der Waals surface area contributed by atoms with Crippen molar-refractivity contribution >= 4 is 17.6 Å². The first-order valence-corrected chi connectivity index (χ1v) is 7.56. The Balaban J connectivity index is 2.13. The molecule has 1 fully saturated rings. The summed E-state index contributed by atoms with van der Waals surface area (Å²) >= 11 is 0. The molecule has 0 unspecified atom stereocenters.